The van der Waals surface area contributed by atoms with E-state index in [1.54, 1.807) is 6.20 Å². The third-order valence-corrected chi connectivity index (χ3v) is 3.82. The van der Waals surface area contributed by atoms with Gasteiger partial charge in [0.05, 0.1) is 12.9 Å². The Bertz CT molecular complexity index is 542. The zero-order valence-electron chi connectivity index (χ0n) is 12.6. The van der Waals surface area contributed by atoms with Gasteiger partial charge in [0.25, 0.3) is 0 Å². The van der Waals surface area contributed by atoms with Crippen LogP contribution < -0.4 is 10.1 Å². The van der Waals surface area contributed by atoms with Crippen LogP contribution in [0.4, 0.5) is 0 Å². The summed E-state index contributed by atoms with van der Waals surface area (Å²) in [4.78, 5) is 4.04. The Labute approximate surface area is 134 Å². The fourth-order valence-corrected chi connectivity index (χ4v) is 2.60. The number of halogens is 1. The van der Waals surface area contributed by atoms with E-state index in [0.29, 0.717) is 6.61 Å². The summed E-state index contributed by atoms with van der Waals surface area (Å²) in [5.41, 5.74) is 1.20. The highest BCUT2D eigenvalue weighted by atomic mass is 79.9. The third-order valence-electron chi connectivity index (χ3n) is 3.33. The van der Waals surface area contributed by atoms with Gasteiger partial charge in [-0.2, -0.15) is 0 Å². The van der Waals surface area contributed by atoms with Gasteiger partial charge >= 0.3 is 0 Å². The minimum Gasteiger partial charge on any atom is -0.493 e. The molecule has 2 aromatic rings. The maximum Gasteiger partial charge on any atom is 0.125 e. The second-order valence-corrected chi connectivity index (χ2v) is 5.88. The lowest BCUT2D eigenvalue weighted by Gasteiger charge is -2.18. The van der Waals surface area contributed by atoms with Crippen molar-refractivity contribution in [3.8, 4) is 5.75 Å². The van der Waals surface area contributed by atoms with Crippen LogP contribution in [-0.4, -0.2) is 22.7 Å². The molecule has 1 N–H and O–H groups in total. The molecule has 0 bridgehead atoms. The molecule has 1 atom stereocenters. The van der Waals surface area contributed by atoms with Gasteiger partial charge in [0, 0.05) is 35.0 Å². The van der Waals surface area contributed by atoms with Crippen molar-refractivity contribution in [3.63, 3.8) is 0 Å². The van der Waals surface area contributed by atoms with Gasteiger partial charge in [-0.15, -0.1) is 0 Å². The van der Waals surface area contributed by atoms with E-state index in [1.807, 2.05) is 18.6 Å². The van der Waals surface area contributed by atoms with Crippen molar-refractivity contribution in [2.75, 3.05) is 13.2 Å². The molecule has 0 aliphatic rings. The van der Waals surface area contributed by atoms with Crippen LogP contribution >= 0.6 is 15.9 Å². The maximum absolute atomic E-state index is 5.98. The number of nitrogens with zero attached hydrogens (tertiary/aromatic N) is 2. The Balaban J connectivity index is 1.92. The number of aryl methyl sites for hydroxylation is 1. The average molecular weight is 352 g/mol. The molecule has 0 aliphatic heterocycles. The van der Waals surface area contributed by atoms with Crippen molar-refractivity contribution in [1.82, 2.24) is 14.9 Å². The summed E-state index contributed by atoms with van der Waals surface area (Å²) in [5, 5.41) is 3.43. The van der Waals surface area contributed by atoms with Crippen molar-refractivity contribution in [2.24, 2.45) is 0 Å². The topological polar surface area (TPSA) is 39.1 Å². The van der Waals surface area contributed by atoms with Gasteiger partial charge in [0.2, 0.25) is 0 Å². The molecule has 1 aromatic heterocycles. The van der Waals surface area contributed by atoms with Gasteiger partial charge in [-0.05, 0) is 32.0 Å². The Morgan fingerprint density at radius 3 is 3.00 bits per heavy atom. The van der Waals surface area contributed by atoms with E-state index in [1.165, 1.54) is 5.56 Å². The number of hydrogen-bond donors (Lipinski definition) is 1. The number of imidazole rings is 1. The van der Waals surface area contributed by atoms with E-state index >= 15 is 0 Å². The highest BCUT2D eigenvalue weighted by Crippen LogP contribution is 2.28. The summed E-state index contributed by atoms with van der Waals surface area (Å²) in [6.07, 6.45) is 6.55. The molecule has 0 aliphatic carbocycles. The fourth-order valence-electron chi connectivity index (χ4n) is 2.26. The quantitative estimate of drug-likeness (QED) is 0.735. The second-order valence-electron chi connectivity index (χ2n) is 4.96. The number of rotatable bonds is 8. The SMILES string of the molecule is CCNC(C)c1ccc(Br)cc1OCCCn1ccnc1. The molecule has 0 saturated heterocycles. The molecule has 1 aromatic carbocycles. The van der Waals surface area contributed by atoms with Crippen LogP contribution in [0.1, 0.15) is 31.9 Å². The van der Waals surface area contributed by atoms with Gasteiger partial charge < -0.3 is 14.6 Å². The van der Waals surface area contributed by atoms with Crippen molar-refractivity contribution >= 4 is 15.9 Å². The first-order chi connectivity index (χ1) is 10.2. The van der Waals surface area contributed by atoms with Crippen LogP contribution in [-0.2, 0) is 6.54 Å². The molecule has 0 fully saturated rings. The molecule has 2 rings (SSSR count). The smallest absolute Gasteiger partial charge is 0.125 e. The highest BCUT2D eigenvalue weighted by Gasteiger charge is 2.11. The van der Waals surface area contributed by atoms with E-state index in [4.69, 9.17) is 4.74 Å². The minimum absolute atomic E-state index is 0.284. The van der Waals surface area contributed by atoms with Crippen LogP contribution in [0.3, 0.4) is 0 Å². The molecule has 0 amide bonds. The number of ether oxygens (including phenoxy) is 1. The summed E-state index contributed by atoms with van der Waals surface area (Å²) in [6, 6.07) is 6.50. The highest BCUT2D eigenvalue weighted by molar-refractivity contribution is 9.10. The van der Waals surface area contributed by atoms with Crippen LogP contribution in [0.25, 0.3) is 0 Å². The number of nitrogens with one attached hydrogen (secondary N) is 1. The minimum atomic E-state index is 0.284. The lowest BCUT2D eigenvalue weighted by molar-refractivity contribution is 0.296. The molecule has 5 heteroatoms. The molecule has 1 heterocycles. The lowest BCUT2D eigenvalue weighted by atomic mass is 10.1. The molecule has 0 radical (unpaired) electrons. The van der Waals surface area contributed by atoms with Crippen LogP contribution in [0, 0.1) is 0 Å². The molecule has 21 heavy (non-hydrogen) atoms. The largest absolute Gasteiger partial charge is 0.493 e. The molecular weight excluding hydrogens is 330 g/mol. The van der Waals surface area contributed by atoms with Crippen molar-refractivity contribution < 1.29 is 4.74 Å². The average Bonchev–Trinajstić information content (AvgIpc) is 2.97. The normalized spacial score (nSPS) is 12.3. The first-order valence-corrected chi connectivity index (χ1v) is 8.11. The zero-order chi connectivity index (χ0) is 15.1. The van der Waals surface area contributed by atoms with Crippen molar-refractivity contribution in [1.29, 1.82) is 0 Å². The van der Waals surface area contributed by atoms with Gasteiger partial charge in [-0.25, -0.2) is 4.98 Å². The second kappa shape index (κ2) is 8.20. The monoisotopic (exact) mass is 351 g/mol. The van der Waals surface area contributed by atoms with Gasteiger partial charge in [0.15, 0.2) is 0 Å². The fraction of sp³-hybridized carbons (Fsp3) is 0.438. The molecule has 0 saturated carbocycles. The third kappa shape index (κ3) is 4.86. The van der Waals surface area contributed by atoms with E-state index in [9.17, 15) is 0 Å². The molecule has 4 nitrogen and oxygen atoms in total. The Hall–Kier alpha value is -1.33. The molecule has 0 spiro atoms. The van der Waals surface area contributed by atoms with Crippen LogP contribution in [0.15, 0.2) is 41.4 Å². The predicted octanol–water partition coefficient (Wildman–Crippen LogP) is 3.79. The number of hydrogen-bond acceptors (Lipinski definition) is 3. The van der Waals surface area contributed by atoms with Gasteiger partial charge in [-0.3, -0.25) is 0 Å². The summed E-state index contributed by atoms with van der Waals surface area (Å²) in [5.74, 6) is 0.948. The zero-order valence-corrected chi connectivity index (χ0v) is 14.1. The standard InChI is InChI=1S/C16H22BrN3O/c1-3-19-13(2)15-6-5-14(17)11-16(15)21-10-4-8-20-9-7-18-12-20/h5-7,9,11-13,19H,3-4,8,10H2,1-2H3. The lowest BCUT2D eigenvalue weighted by Crippen LogP contribution is -2.18. The van der Waals surface area contributed by atoms with Crippen LogP contribution in [0.2, 0.25) is 0 Å². The Kier molecular flexibility index (Phi) is 6.26. The predicted molar refractivity (Wildman–Crippen MR) is 88.6 cm³/mol. The van der Waals surface area contributed by atoms with Crippen molar-refractivity contribution in [2.45, 2.75) is 32.9 Å². The molecular formula is C16H22BrN3O. The van der Waals surface area contributed by atoms with E-state index in [-0.39, 0.29) is 6.04 Å². The van der Waals surface area contributed by atoms with E-state index in [0.717, 1.165) is 29.7 Å². The number of benzene rings is 1. The van der Waals surface area contributed by atoms with E-state index < -0.39 is 0 Å². The molecule has 1 unspecified atom stereocenters. The Morgan fingerprint density at radius 2 is 2.29 bits per heavy atom. The van der Waals surface area contributed by atoms with Gasteiger partial charge in [-0.1, -0.05) is 28.9 Å². The first-order valence-electron chi connectivity index (χ1n) is 7.32. The van der Waals surface area contributed by atoms with Gasteiger partial charge in [0.1, 0.15) is 5.75 Å². The number of aromatic nitrogens is 2. The van der Waals surface area contributed by atoms with E-state index in [2.05, 4.69) is 56.8 Å². The summed E-state index contributed by atoms with van der Waals surface area (Å²) in [7, 11) is 0. The summed E-state index contributed by atoms with van der Waals surface area (Å²) < 4.78 is 9.08. The summed E-state index contributed by atoms with van der Waals surface area (Å²) in [6.45, 7) is 6.83. The Morgan fingerprint density at radius 1 is 1.43 bits per heavy atom. The first kappa shape index (κ1) is 16.0. The molecule has 114 valence electrons. The van der Waals surface area contributed by atoms with Crippen molar-refractivity contribution in [3.05, 3.63) is 47.0 Å². The summed E-state index contributed by atoms with van der Waals surface area (Å²) >= 11 is 3.51. The maximum atomic E-state index is 5.98. The van der Waals surface area contributed by atoms with Crippen LogP contribution in [0.5, 0.6) is 5.75 Å².